The van der Waals surface area contributed by atoms with Gasteiger partial charge in [-0.25, -0.2) is 4.79 Å². The first kappa shape index (κ1) is 19.9. The molecule has 0 heterocycles. The standard InChI is InChI=1S/C19H27NO4/c1-13(2)17(21)16(20-18(22)24-19(4,5)6)14(3)23-12-15-10-8-7-9-11-15/h7-11,14,16H,1,12H2,2-6H3,(H,20,22). The molecular weight excluding hydrogens is 306 g/mol. The molecule has 0 saturated carbocycles. The van der Waals surface area contributed by atoms with Crippen LogP contribution in [0.2, 0.25) is 0 Å². The summed E-state index contributed by atoms with van der Waals surface area (Å²) in [5.41, 5.74) is 0.698. The molecule has 24 heavy (non-hydrogen) atoms. The Morgan fingerprint density at radius 2 is 1.79 bits per heavy atom. The van der Waals surface area contributed by atoms with Gasteiger partial charge in [0.1, 0.15) is 11.6 Å². The second kappa shape index (κ2) is 8.64. The van der Waals surface area contributed by atoms with Gasteiger partial charge in [-0.3, -0.25) is 4.79 Å². The van der Waals surface area contributed by atoms with Gasteiger partial charge in [0.25, 0.3) is 0 Å². The number of nitrogens with one attached hydrogen (secondary N) is 1. The first-order chi connectivity index (χ1) is 11.1. The van der Waals surface area contributed by atoms with Gasteiger partial charge >= 0.3 is 6.09 Å². The Morgan fingerprint density at radius 1 is 1.21 bits per heavy atom. The number of Topliss-reactive ketones (excluding diaryl/α,β-unsaturated/α-hetero) is 1. The molecule has 0 aliphatic carbocycles. The van der Waals surface area contributed by atoms with Crippen molar-refractivity contribution in [2.75, 3.05) is 0 Å². The molecular formula is C19H27NO4. The van der Waals surface area contributed by atoms with E-state index in [1.54, 1.807) is 34.6 Å². The van der Waals surface area contributed by atoms with Crippen LogP contribution in [-0.4, -0.2) is 29.6 Å². The zero-order valence-corrected chi connectivity index (χ0v) is 15.1. The molecule has 2 unspecified atom stereocenters. The maximum absolute atomic E-state index is 12.3. The van der Waals surface area contributed by atoms with Crippen molar-refractivity contribution in [2.45, 2.75) is 59.0 Å². The van der Waals surface area contributed by atoms with Crippen molar-refractivity contribution >= 4 is 11.9 Å². The number of rotatable bonds is 7. The predicted molar refractivity (Wildman–Crippen MR) is 93.7 cm³/mol. The van der Waals surface area contributed by atoms with Crippen LogP contribution < -0.4 is 5.32 Å². The summed E-state index contributed by atoms with van der Waals surface area (Å²) in [7, 11) is 0. The number of amides is 1. The second-order valence-corrected chi connectivity index (χ2v) is 6.77. The van der Waals surface area contributed by atoms with Gasteiger partial charge in [0, 0.05) is 0 Å². The summed E-state index contributed by atoms with van der Waals surface area (Å²) in [5, 5.41) is 2.59. The van der Waals surface area contributed by atoms with E-state index in [0.717, 1.165) is 5.56 Å². The van der Waals surface area contributed by atoms with E-state index in [2.05, 4.69) is 11.9 Å². The van der Waals surface area contributed by atoms with Crippen LogP contribution in [-0.2, 0) is 20.9 Å². The average molecular weight is 333 g/mol. The maximum Gasteiger partial charge on any atom is 0.408 e. The highest BCUT2D eigenvalue weighted by Gasteiger charge is 2.29. The SMILES string of the molecule is C=C(C)C(=O)C(NC(=O)OC(C)(C)C)C(C)OCc1ccccc1. The maximum atomic E-state index is 12.3. The molecule has 0 aliphatic heterocycles. The van der Waals surface area contributed by atoms with E-state index in [4.69, 9.17) is 9.47 Å². The molecule has 1 amide bonds. The number of alkyl carbamates (subject to hydrolysis) is 1. The van der Waals surface area contributed by atoms with Gasteiger partial charge in [-0.1, -0.05) is 36.9 Å². The predicted octanol–water partition coefficient (Wildman–Crippen LogP) is 3.63. The highest BCUT2D eigenvalue weighted by Crippen LogP contribution is 2.12. The normalized spacial score (nSPS) is 13.7. The molecule has 1 rings (SSSR count). The van der Waals surface area contributed by atoms with E-state index in [-0.39, 0.29) is 5.78 Å². The summed E-state index contributed by atoms with van der Waals surface area (Å²) in [6.45, 7) is 12.6. The summed E-state index contributed by atoms with van der Waals surface area (Å²) in [5.74, 6) is -0.276. The smallest absolute Gasteiger partial charge is 0.408 e. The molecule has 0 radical (unpaired) electrons. The second-order valence-electron chi connectivity index (χ2n) is 6.77. The third-order valence-corrected chi connectivity index (χ3v) is 3.20. The Kier molecular flexibility index (Phi) is 7.17. The lowest BCUT2D eigenvalue weighted by Crippen LogP contribution is -2.50. The van der Waals surface area contributed by atoms with Gasteiger partial charge in [0.2, 0.25) is 0 Å². The van der Waals surface area contributed by atoms with Gasteiger partial charge in [0.05, 0.1) is 12.7 Å². The van der Waals surface area contributed by atoms with Crippen molar-refractivity contribution in [3.63, 3.8) is 0 Å². The Morgan fingerprint density at radius 3 is 2.29 bits per heavy atom. The van der Waals surface area contributed by atoms with E-state index < -0.39 is 23.8 Å². The van der Waals surface area contributed by atoms with Crippen LogP contribution in [0.1, 0.15) is 40.2 Å². The summed E-state index contributed by atoms with van der Waals surface area (Å²) < 4.78 is 11.0. The molecule has 0 bridgehead atoms. The van der Waals surface area contributed by atoms with E-state index in [9.17, 15) is 9.59 Å². The van der Waals surface area contributed by atoms with E-state index >= 15 is 0 Å². The van der Waals surface area contributed by atoms with Crippen LogP contribution in [0.25, 0.3) is 0 Å². The number of hydrogen-bond donors (Lipinski definition) is 1. The largest absolute Gasteiger partial charge is 0.444 e. The van der Waals surface area contributed by atoms with Crippen LogP contribution in [0.5, 0.6) is 0 Å². The van der Waals surface area contributed by atoms with Crippen molar-refractivity contribution in [3.05, 3.63) is 48.0 Å². The lowest BCUT2D eigenvalue weighted by Gasteiger charge is -2.26. The summed E-state index contributed by atoms with van der Waals surface area (Å²) in [4.78, 5) is 24.4. The van der Waals surface area contributed by atoms with Crippen molar-refractivity contribution < 1.29 is 19.1 Å². The minimum atomic E-state index is -0.846. The molecule has 0 aliphatic rings. The van der Waals surface area contributed by atoms with Crippen LogP contribution >= 0.6 is 0 Å². The molecule has 2 atom stereocenters. The van der Waals surface area contributed by atoms with Gasteiger partial charge in [-0.15, -0.1) is 0 Å². The van der Waals surface area contributed by atoms with Crippen LogP contribution in [0, 0.1) is 0 Å². The van der Waals surface area contributed by atoms with Gasteiger partial charge in [0.15, 0.2) is 5.78 Å². The molecule has 5 nitrogen and oxygen atoms in total. The molecule has 0 saturated heterocycles. The Labute approximate surface area is 144 Å². The summed E-state index contributed by atoms with van der Waals surface area (Å²) >= 11 is 0. The van der Waals surface area contributed by atoms with Crippen molar-refractivity contribution in [1.29, 1.82) is 0 Å². The van der Waals surface area contributed by atoms with Crippen molar-refractivity contribution in [1.82, 2.24) is 5.32 Å². The topological polar surface area (TPSA) is 64.6 Å². The molecule has 5 heteroatoms. The Hall–Kier alpha value is -2.14. The van der Waals surface area contributed by atoms with Crippen LogP contribution in [0.3, 0.4) is 0 Å². The third-order valence-electron chi connectivity index (χ3n) is 3.20. The summed E-state index contributed by atoms with van der Waals surface area (Å²) in [6, 6.07) is 8.77. The van der Waals surface area contributed by atoms with Crippen molar-refractivity contribution in [2.24, 2.45) is 0 Å². The number of carbonyl (C=O) groups excluding carboxylic acids is 2. The molecule has 1 aromatic rings. The lowest BCUT2D eigenvalue weighted by atomic mass is 10.0. The first-order valence-electron chi connectivity index (χ1n) is 7.95. The van der Waals surface area contributed by atoms with Gasteiger partial charge < -0.3 is 14.8 Å². The zero-order chi connectivity index (χ0) is 18.3. The average Bonchev–Trinajstić information content (AvgIpc) is 2.48. The van der Waals surface area contributed by atoms with Crippen LogP contribution in [0.4, 0.5) is 4.79 Å². The monoisotopic (exact) mass is 333 g/mol. The molecule has 1 aromatic carbocycles. The third kappa shape index (κ3) is 6.96. The lowest BCUT2D eigenvalue weighted by molar-refractivity contribution is -0.121. The fraction of sp³-hybridized carbons (Fsp3) is 0.474. The highest BCUT2D eigenvalue weighted by atomic mass is 16.6. The Balaban J connectivity index is 2.75. The summed E-state index contributed by atoms with van der Waals surface area (Å²) in [6.07, 6.45) is -1.18. The zero-order valence-electron chi connectivity index (χ0n) is 15.1. The number of hydrogen-bond acceptors (Lipinski definition) is 4. The van der Waals surface area contributed by atoms with Gasteiger partial charge in [-0.05, 0) is 45.8 Å². The highest BCUT2D eigenvalue weighted by molar-refractivity contribution is 6.00. The molecule has 1 N–H and O–H groups in total. The minimum Gasteiger partial charge on any atom is -0.444 e. The minimum absolute atomic E-state index is 0.276. The van der Waals surface area contributed by atoms with Crippen molar-refractivity contribution in [3.8, 4) is 0 Å². The fourth-order valence-corrected chi connectivity index (χ4v) is 1.99. The number of benzene rings is 1. The first-order valence-corrected chi connectivity index (χ1v) is 7.95. The fourth-order valence-electron chi connectivity index (χ4n) is 1.99. The quantitative estimate of drug-likeness (QED) is 0.774. The Bertz CT molecular complexity index is 575. The number of carbonyl (C=O) groups is 2. The van der Waals surface area contributed by atoms with E-state index in [1.165, 1.54) is 0 Å². The molecule has 0 aromatic heterocycles. The molecule has 132 valence electrons. The van der Waals surface area contributed by atoms with E-state index in [1.807, 2.05) is 30.3 Å². The van der Waals surface area contributed by atoms with Gasteiger partial charge in [-0.2, -0.15) is 0 Å². The van der Waals surface area contributed by atoms with E-state index in [0.29, 0.717) is 12.2 Å². The van der Waals surface area contributed by atoms with Crippen LogP contribution in [0.15, 0.2) is 42.5 Å². The molecule has 0 fully saturated rings. The molecule has 0 spiro atoms. The number of ether oxygens (including phenoxy) is 2. The number of ketones is 1.